The smallest absolute Gasteiger partial charge is 0.328 e. The zero-order valence-electron chi connectivity index (χ0n) is 26.5. The number of ether oxygens (including phenoxy) is 2. The van der Waals surface area contributed by atoms with E-state index < -0.39 is 32.6 Å². The molecule has 1 saturated carbocycles. The second kappa shape index (κ2) is 15.7. The number of ketones is 1. The maximum absolute atomic E-state index is 13.4. The summed E-state index contributed by atoms with van der Waals surface area (Å²) in [7, 11) is -2.76. The molecule has 1 unspecified atom stereocenters. The van der Waals surface area contributed by atoms with Gasteiger partial charge in [-0.2, -0.15) is 4.31 Å². The Kier molecular flexibility index (Phi) is 11.2. The average molecular weight is 672 g/mol. The van der Waals surface area contributed by atoms with E-state index in [-0.39, 0.29) is 36.2 Å². The van der Waals surface area contributed by atoms with Gasteiger partial charge >= 0.3 is 5.97 Å². The highest BCUT2D eigenvalue weighted by Crippen LogP contribution is 2.33. The molecule has 1 fully saturated rings. The largest absolute Gasteiger partial charge is 0.494 e. The highest BCUT2D eigenvalue weighted by Gasteiger charge is 2.35. The first-order valence-electron chi connectivity index (χ1n) is 15.7. The van der Waals surface area contributed by atoms with Crippen molar-refractivity contribution in [2.24, 2.45) is 5.92 Å². The van der Waals surface area contributed by atoms with Crippen molar-refractivity contribution in [2.45, 2.75) is 36.6 Å². The van der Waals surface area contributed by atoms with Gasteiger partial charge in [-0.25, -0.2) is 13.2 Å². The SMILES string of the molecule is COC(=O)C(Cc1ccc(OCCCN(CC2CC2)S(=O)(=O)c2ccccc2[N+](=O)[O-])cc1)Nc1ccccc1C(=O)c1ccccc1. The molecule has 0 aromatic heterocycles. The van der Waals surface area contributed by atoms with Crippen molar-refractivity contribution >= 4 is 33.2 Å². The number of hydrogen-bond acceptors (Lipinski definition) is 9. The maximum atomic E-state index is 13.4. The van der Waals surface area contributed by atoms with Crippen molar-refractivity contribution in [2.75, 3.05) is 32.1 Å². The van der Waals surface area contributed by atoms with Gasteiger partial charge in [0, 0.05) is 42.4 Å². The first-order valence-corrected chi connectivity index (χ1v) is 17.1. The molecule has 0 radical (unpaired) electrons. The Morgan fingerprint density at radius 2 is 1.60 bits per heavy atom. The number of hydrogen-bond donors (Lipinski definition) is 1. The number of anilines is 1. The lowest BCUT2D eigenvalue weighted by molar-refractivity contribution is -0.387. The van der Waals surface area contributed by atoms with E-state index in [9.17, 15) is 28.1 Å². The summed E-state index contributed by atoms with van der Waals surface area (Å²) in [6.45, 7) is 0.693. The molecule has 250 valence electrons. The number of carbonyl (C=O) groups excluding carboxylic acids is 2. The Morgan fingerprint density at radius 1 is 0.938 bits per heavy atom. The lowest BCUT2D eigenvalue weighted by Crippen LogP contribution is -2.35. The molecular weight excluding hydrogens is 634 g/mol. The number of rotatable bonds is 17. The zero-order valence-corrected chi connectivity index (χ0v) is 27.3. The zero-order chi connectivity index (χ0) is 34.1. The van der Waals surface area contributed by atoms with Crippen LogP contribution in [0.15, 0.2) is 108 Å². The van der Waals surface area contributed by atoms with Crippen LogP contribution in [-0.4, -0.2) is 62.2 Å². The van der Waals surface area contributed by atoms with Gasteiger partial charge in [0.05, 0.1) is 18.6 Å². The molecule has 4 aromatic rings. The number of sulfonamides is 1. The first-order chi connectivity index (χ1) is 23.2. The second-order valence-electron chi connectivity index (χ2n) is 11.5. The third-order valence-corrected chi connectivity index (χ3v) is 9.96. The molecule has 0 saturated heterocycles. The van der Waals surface area contributed by atoms with Gasteiger partial charge in [-0.05, 0) is 61.1 Å². The third kappa shape index (κ3) is 8.64. The van der Waals surface area contributed by atoms with Crippen molar-refractivity contribution < 1.29 is 32.4 Å². The minimum Gasteiger partial charge on any atom is -0.494 e. The Balaban J connectivity index is 1.20. The number of para-hydroxylation sites is 2. The fourth-order valence-corrected chi connectivity index (χ4v) is 7.04. The normalized spacial score (nSPS) is 13.5. The second-order valence-corrected chi connectivity index (χ2v) is 13.4. The molecule has 0 amide bonds. The predicted octanol–water partition coefficient (Wildman–Crippen LogP) is 5.89. The summed E-state index contributed by atoms with van der Waals surface area (Å²) in [6, 6.07) is 27.7. The van der Waals surface area contributed by atoms with Gasteiger partial charge in [0.25, 0.3) is 5.69 Å². The summed E-state index contributed by atoms with van der Waals surface area (Å²) in [5, 5.41) is 14.7. The molecule has 11 nitrogen and oxygen atoms in total. The molecule has 5 rings (SSSR count). The molecule has 0 spiro atoms. The molecule has 1 aliphatic rings. The highest BCUT2D eigenvalue weighted by molar-refractivity contribution is 7.89. The van der Waals surface area contributed by atoms with Gasteiger partial charge in [0.2, 0.25) is 10.0 Å². The molecule has 12 heteroatoms. The molecule has 48 heavy (non-hydrogen) atoms. The summed E-state index contributed by atoms with van der Waals surface area (Å²) < 4.78 is 39.1. The molecular formula is C36H37N3O8S. The Morgan fingerprint density at radius 3 is 2.29 bits per heavy atom. The van der Waals surface area contributed by atoms with E-state index in [1.165, 1.54) is 35.7 Å². The number of carbonyl (C=O) groups is 2. The van der Waals surface area contributed by atoms with Crippen LogP contribution >= 0.6 is 0 Å². The standard InChI is InChI=1S/C36H37N3O8S/c1-46-36(41)32(37-31-13-6-5-12-30(31)35(40)28-10-3-2-4-11-28)24-26-18-20-29(21-19-26)47-23-9-22-38(25-27-16-17-27)48(44,45)34-15-8-7-14-33(34)39(42)43/h2-8,10-15,18-21,27,32,37H,9,16-17,22-25H2,1H3. The first kappa shape index (κ1) is 34.3. The molecule has 0 heterocycles. The summed E-state index contributed by atoms with van der Waals surface area (Å²) in [4.78, 5) is 36.5. The van der Waals surface area contributed by atoms with E-state index in [0.29, 0.717) is 35.5 Å². The van der Waals surface area contributed by atoms with E-state index in [1.807, 2.05) is 18.2 Å². The van der Waals surface area contributed by atoms with Crippen LogP contribution in [0.1, 0.15) is 40.7 Å². The molecule has 0 bridgehead atoms. The number of benzene rings is 4. The summed E-state index contributed by atoms with van der Waals surface area (Å²) in [5.74, 6) is 0.162. The number of nitro benzene ring substituents is 1. The van der Waals surface area contributed by atoms with Crippen molar-refractivity contribution in [1.82, 2.24) is 4.31 Å². The van der Waals surface area contributed by atoms with E-state index in [2.05, 4.69) is 5.32 Å². The summed E-state index contributed by atoms with van der Waals surface area (Å²) in [5.41, 5.74) is 1.87. The summed E-state index contributed by atoms with van der Waals surface area (Å²) in [6.07, 6.45) is 2.51. The van der Waals surface area contributed by atoms with Gasteiger partial charge in [-0.1, -0.05) is 66.7 Å². The number of nitrogens with one attached hydrogen (secondary N) is 1. The minimum atomic E-state index is -4.07. The van der Waals surface area contributed by atoms with Gasteiger partial charge < -0.3 is 14.8 Å². The average Bonchev–Trinajstić information content (AvgIpc) is 3.94. The molecule has 1 N–H and O–H groups in total. The van der Waals surface area contributed by atoms with E-state index >= 15 is 0 Å². The van der Waals surface area contributed by atoms with Gasteiger partial charge in [0.15, 0.2) is 10.7 Å². The lowest BCUT2D eigenvalue weighted by Gasteiger charge is -2.22. The van der Waals surface area contributed by atoms with E-state index in [4.69, 9.17) is 9.47 Å². The van der Waals surface area contributed by atoms with Crippen LogP contribution in [0.5, 0.6) is 5.75 Å². The quantitative estimate of drug-likeness (QED) is 0.0477. The third-order valence-electron chi connectivity index (χ3n) is 8.05. The fraction of sp³-hybridized carbons (Fsp3) is 0.278. The number of methoxy groups -OCH3 is 1. The fourth-order valence-electron chi connectivity index (χ4n) is 5.33. The maximum Gasteiger partial charge on any atom is 0.328 e. The molecule has 0 aliphatic heterocycles. The van der Waals surface area contributed by atoms with Gasteiger partial charge in [0.1, 0.15) is 11.8 Å². The Hall–Kier alpha value is -5.07. The molecule has 1 aliphatic carbocycles. The van der Waals surface area contributed by atoms with Crippen LogP contribution in [0.2, 0.25) is 0 Å². The Bertz CT molecular complexity index is 1840. The van der Waals surface area contributed by atoms with Crippen LogP contribution in [0.25, 0.3) is 0 Å². The number of nitro groups is 1. The van der Waals surface area contributed by atoms with Crippen LogP contribution < -0.4 is 10.1 Å². The predicted molar refractivity (Wildman–Crippen MR) is 181 cm³/mol. The van der Waals surface area contributed by atoms with Crippen LogP contribution in [0.4, 0.5) is 11.4 Å². The van der Waals surface area contributed by atoms with Crippen molar-refractivity contribution in [3.63, 3.8) is 0 Å². The lowest BCUT2D eigenvalue weighted by atomic mass is 10.00. The van der Waals surface area contributed by atoms with Crippen LogP contribution in [0, 0.1) is 16.0 Å². The monoisotopic (exact) mass is 671 g/mol. The minimum absolute atomic E-state index is 0.156. The molecule has 1 atom stereocenters. The van der Waals surface area contributed by atoms with Crippen molar-refractivity contribution in [3.8, 4) is 5.75 Å². The van der Waals surface area contributed by atoms with E-state index in [1.54, 1.807) is 60.7 Å². The number of nitrogens with zero attached hydrogens (tertiary/aromatic N) is 2. The van der Waals surface area contributed by atoms with Crippen LogP contribution in [0.3, 0.4) is 0 Å². The molecule has 4 aromatic carbocycles. The Labute approximate surface area is 279 Å². The number of esters is 1. The summed E-state index contributed by atoms with van der Waals surface area (Å²) >= 11 is 0. The van der Waals surface area contributed by atoms with Crippen LogP contribution in [-0.2, 0) is 26.0 Å². The van der Waals surface area contributed by atoms with Gasteiger partial charge in [-0.15, -0.1) is 0 Å². The van der Waals surface area contributed by atoms with E-state index in [0.717, 1.165) is 18.4 Å². The van der Waals surface area contributed by atoms with Crippen molar-refractivity contribution in [3.05, 3.63) is 130 Å². The highest BCUT2D eigenvalue weighted by atomic mass is 32.2. The topological polar surface area (TPSA) is 145 Å². The van der Waals surface area contributed by atoms with Crippen molar-refractivity contribution in [1.29, 1.82) is 0 Å². The van der Waals surface area contributed by atoms with Gasteiger partial charge in [-0.3, -0.25) is 14.9 Å².